The molecule has 0 bridgehead atoms. The zero-order valence-corrected chi connectivity index (χ0v) is 12.3. The number of thiophene rings is 1. The van der Waals surface area contributed by atoms with E-state index in [-0.39, 0.29) is 16.1 Å². The molecule has 96 valence electrons. The highest BCUT2D eigenvalue weighted by Crippen LogP contribution is 2.31. The quantitative estimate of drug-likeness (QED) is 0.720. The molecule has 1 heterocycles. The van der Waals surface area contributed by atoms with Crippen LogP contribution in [0.15, 0.2) is 24.3 Å². The maximum atomic E-state index is 13.3. The van der Waals surface area contributed by atoms with E-state index in [0.29, 0.717) is 5.69 Å². The van der Waals surface area contributed by atoms with Crippen LogP contribution in [0.25, 0.3) is 0 Å². The van der Waals surface area contributed by atoms with E-state index in [1.165, 1.54) is 9.75 Å². The SMILES string of the molecule is Cc1ccc(C(C)Nc2cc(Cl)c(F)c(Cl)c2)s1. The van der Waals surface area contributed by atoms with Crippen molar-refractivity contribution in [3.63, 3.8) is 0 Å². The first-order valence-electron chi connectivity index (χ1n) is 5.45. The van der Waals surface area contributed by atoms with E-state index in [0.717, 1.165) is 0 Å². The molecule has 1 N–H and O–H groups in total. The van der Waals surface area contributed by atoms with Gasteiger partial charge in [-0.2, -0.15) is 0 Å². The molecule has 0 amide bonds. The molecular weight excluding hydrogens is 292 g/mol. The lowest BCUT2D eigenvalue weighted by Crippen LogP contribution is -2.05. The van der Waals surface area contributed by atoms with Crippen molar-refractivity contribution < 1.29 is 4.39 Å². The molecule has 0 aliphatic heterocycles. The molecule has 0 spiro atoms. The van der Waals surface area contributed by atoms with Crippen LogP contribution in [0.5, 0.6) is 0 Å². The largest absolute Gasteiger partial charge is 0.378 e. The van der Waals surface area contributed by atoms with E-state index in [4.69, 9.17) is 23.2 Å². The van der Waals surface area contributed by atoms with Crippen molar-refractivity contribution in [2.24, 2.45) is 0 Å². The van der Waals surface area contributed by atoms with Gasteiger partial charge in [0, 0.05) is 15.4 Å². The van der Waals surface area contributed by atoms with Crippen LogP contribution in [0, 0.1) is 12.7 Å². The Hall–Kier alpha value is -0.770. The maximum absolute atomic E-state index is 13.3. The summed E-state index contributed by atoms with van der Waals surface area (Å²) in [7, 11) is 0. The van der Waals surface area contributed by atoms with Gasteiger partial charge in [0.2, 0.25) is 0 Å². The van der Waals surface area contributed by atoms with E-state index in [2.05, 4.69) is 24.4 Å². The second-order valence-electron chi connectivity index (χ2n) is 4.07. The lowest BCUT2D eigenvalue weighted by Gasteiger charge is -2.14. The van der Waals surface area contributed by atoms with Crippen LogP contribution in [0.1, 0.15) is 22.7 Å². The lowest BCUT2D eigenvalue weighted by molar-refractivity contribution is 0.628. The zero-order valence-electron chi connectivity index (χ0n) is 9.93. The third kappa shape index (κ3) is 2.97. The highest BCUT2D eigenvalue weighted by molar-refractivity contribution is 7.12. The van der Waals surface area contributed by atoms with E-state index in [9.17, 15) is 4.39 Å². The van der Waals surface area contributed by atoms with Crippen LogP contribution in [0.2, 0.25) is 10.0 Å². The Morgan fingerprint density at radius 1 is 1.22 bits per heavy atom. The van der Waals surface area contributed by atoms with E-state index >= 15 is 0 Å². The van der Waals surface area contributed by atoms with E-state index < -0.39 is 5.82 Å². The highest BCUT2D eigenvalue weighted by atomic mass is 35.5. The summed E-state index contributed by atoms with van der Waals surface area (Å²) in [6, 6.07) is 7.36. The summed E-state index contributed by atoms with van der Waals surface area (Å²) in [5.74, 6) is -0.580. The van der Waals surface area contributed by atoms with Gasteiger partial charge in [-0.25, -0.2) is 4.39 Å². The van der Waals surface area contributed by atoms with Crippen LogP contribution in [-0.4, -0.2) is 0 Å². The standard InChI is InChI=1S/C13H12Cl2FNS/c1-7-3-4-12(18-7)8(2)17-9-5-10(14)13(16)11(15)6-9/h3-6,8,17H,1-2H3. The van der Waals surface area contributed by atoms with Crippen LogP contribution in [-0.2, 0) is 0 Å². The van der Waals surface area contributed by atoms with Crippen molar-refractivity contribution in [1.29, 1.82) is 0 Å². The Balaban J connectivity index is 2.19. The van der Waals surface area contributed by atoms with Gasteiger partial charge in [-0.3, -0.25) is 0 Å². The van der Waals surface area contributed by atoms with Gasteiger partial charge in [-0.05, 0) is 38.1 Å². The normalized spacial score (nSPS) is 12.5. The summed E-state index contributed by atoms with van der Waals surface area (Å²) in [6.45, 7) is 4.10. The second-order valence-corrected chi connectivity index (χ2v) is 6.20. The van der Waals surface area contributed by atoms with Gasteiger partial charge >= 0.3 is 0 Å². The fourth-order valence-electron chi connectivity index (χ4n) is 1.65. The molecule has 1 aromatic heterocycles. The van der Waals surface area contributed by atoms with Gasteiger partial charge in [0.1, 0.15) is 0 Å². The first kappa shape index (κ1) is 13.7. The number of hydrogen-bond acceptors (Lipinski definition) is 2. The number of halogens is 3. The number of nitrogens with one attached hydrogen (secondary N) is 1. The van der Waals surface area contributed by atoms with E-state index in [1.807, 2.05) is 6.92 Å². The molecule has 0 fully saturated rings. The predicted molar refractivity (Wildman–Crippen MR) is 77.5 cm³/mol. The minimum absolute atomic E-state index is 0.0274. The molecule has 18 heavy (non-hydrogen) atoms. The van der Waals surface area contributed by atoms with Crippen molar-refractivity contribution in [2.75, 3.05) is 5.32 Å². The van der Waals surface area contributed by atoms with Gasteiger partial charge in [0.05, 0.1) is 16.1 Å². The molecule has 1 unspecified atom stereocenters. The first-order valence-corrected chi connectivity index (χ1v) is 7.02. The average molecular weight is 304 g/mol. The summed E-state index contributed by atoms with van der Waals surface area (Å²) < 4.78 is 13.3. The molecule has 0 aliphatic carbocycles. The summed E-state index contributed by atoms with van der Waals surface area (Å²) in [5, 5.41) is 3.31. The Kier molecular flexibility index (Phi) is 4.15. The molecule has 0 saturated heterocycles. The number of aryl methyl sites for hydroxylation is 1. The Labute approximate surface area is 120 Å². The summed E-state index contributed by atoms with van der Waals surface area (Å²) in [4.78, 5) is 2.47. The minimum Gasteiger partial charge on any atom is -0.378 e. The van der Waals surface area contributed by atoms with Gasteiger partial charge in [0.25, 0.3) is 0 Å². The Morgan fingerprint density at radius 2 is 1.83 bits per heavy atom. The Morgan fingerprint density at radius 3 is 2.33 bits per heavy atom. The van der Waals surface area contributed by atoms with Crippen molar-refractivity contribution in [3.05, 3.63) is 49.9 Å². The summed E-state index contributed by atoms with van der Waals surface area (Å²) in [5.41, 5.74) is 0.713. The van der Waals surface area contributed by atoms with Crippen LogP contribution in [0.4, 0.5) is 10.1 Å². The fourth-order valence-corrected chi connectivity index (χ4v) is 3.01. The third-order valence-electron chi connectivity index (χ3n) is 2.55. The second kappa shape index (κ2) is 5.47. The Bertz CT molecular complexity index is 545. The molecule has 0 aliphatic rings. The lowest BCUT2D eigenvalue weighted by atomic mass is 10.2. The third-order valence-corrected chi connectivity index (χ3v) is 4.29. The molecule has 5 heteroatoms. The molecule has 1 nitrogen and oxygen atoms in total. The number of anilines is 1. The minimum atomic E-state index is -0.580. The highest BCUT2D eigenvalue weighted by Gasteiger charge is 2.11. The van der Waals surface area contributed by atoms with Gasteiger partial charge < -0.3 is 5.32 Å². The average Bonchev–Trinajstić information content (AvgIpc) is 2.72. The molecule has 0 saturated carbocycles. The van der Waals surface area contributed by atoms with Crippen LogP contribution >= 0.6 is 34.5 Å². The molecule has 1 atom stereocenters. The molecule has 2 aromatic rings. The zero-order chi connectivity index (χ0) is 13.3. The van der Waals surface area contributed by atoms with Crippen LogP contribution < -0.4 is 5.32 Å². The fraction of sp³-hybridized carbons (Fsp3) is 0.231. The molecular formula is C13H12Cl2FNS. The van der Waals surface area contributed by atoms with Gasteiger partial charge in [-0.1, -0.05) is 23.2 Å². The van der Waals surface area contributed by atoms with Crippen molar-refractivity contribution in [2.45, 2.75) is 19.9 Å². The topological polar surface area (TPSA) is 12.0 Å². The van der Waals surface area contributed by atoms with Gasteiger partial charge in [-0.15, -0.1) is 11.3 Å². The molecule has 1 aromatic carbocycles. The number of hydrogen-bond donors (Lipinski definition) is 1. The van der Waals surface area contributed by atoms with E-state index in [1.54, 1.807) is 23.5 Å². The molecule has 0 radical (unpaired) electrons. The monoisotopic (exact) mass is 303 g/mol. The summed E-state index contributed by atoms with van der Waals surface area (Å²) >= 11 is 13.2. The summed E-state index contributed by atoms with van der Waals surface area (Å²) in [6.07, 6.45) is 0. The predicted octanol–water partition coefficient (Wildman–Crippen LogP) is 5.68. The number of benzene rings is 1. The van der Waals surface area contributed by atoms with Crippen molar-refractivity contribution >= 4 is 40.2 Å². The molecule has 2 rings (SSSR count). The van der Waals surface area contributed by atoms with Crippen molar-refractivity contribution in [1.82, 2.24) is 0 Å². The smallest absolute Gasteiger partial charge is 0.160 e. The van der Waals surface area contributed by atoms with Crippen LogP contribution in [0.3, 0.4) is 0 Å². The first-order chi connectivity index (χ1) is 8.47. The maximum Gasteiger partial charge on any atom is 0.160 e. The van der Waals surface area contributed by atoms with Crippen molar-refractivity contribution in [3.8, 4) is 0 Å². The number of rotatable bonds is 3. The van der Waals surface area contributed by atoms with Gasteiger partial charge in [0.15, 0.2) is 5.82 Å².